The molecule has 0 aliphatic rings. The van der Waals surface area contributed by atoms with Gasteiger partial charge in [-0.3, -0.25) is 0 Å². The van der Waals surface area contributed by atoms with Crippen LogP contribution in [-0.2, 0) is 0 Å². The zero-order chi connectivity index (χ0) is 9.07. The first-order valence-electron chi connectivity index (χ1n) is 4.09. The minimum atomic E-state index is -1.35. The summed E-state index contributed by atoms with van der Waals surface area (Å²) in [7, 11) is -1.35. The largest absolute Gasteiger partial charge is 0.362 e. The van der Waals surface area contributed by atoms with Crippen molar-refractivity contribution in [3.8, 4) is 0 Å². The van der Waals surface area contributed by atoms with Crippen LogP contribution in [0.5, 0.6) is 0 Å². The van der Waals surface area contributed by atoms with E-state index in [-0.39, 0.29) is 0 Å². The van der Waals surface area contributed by atoms with Gasteiger partial charge in [0, 0.05) is 6.42 Å². The lowest BCUT2D eigenvalue weighted by atomic mass is 10.1. The molecule has 0 aromatic heterocycles. The van der Waals surface area contributed by atoms with Crippen molar-refractivity contribution in [1.29, 1.82) is 0 Å². The zero-order valence-corrected chi connectivity index (χ0v) is 9.18. The van der Waals surface area contributed by atoms with Crippen LogP contribution >= 0.6 is 0 Å². The smallest absolute Gasteiger partial charge is 0.237 e. The summed E-state index contributed by atoms with van der Waals surface area (Å²) in [5.74, 6) is 0.590. The van der Waals surface area contributed by atoms with Gasteiger partial charge in [-0.2, -0.15) is 4.79 Å². The van der Waals surface area contributed by atoms with Crippen molar-refractivity contribution in [2.75, 3.05) is 0 Å². The third kappa shape index (κ3) is 4.12. The van der Waals surface area contributed by atoms with Crippen molar-refractivity contribution in [2.24, 2.45) is 5.92 Å². The molecule has 64 valence electrons. The van der Waals surface area contributed by atoms with E-state index in [1.165, 1.54) is 0 Å². The molecule has 0 unspecified atom stereocenters. The number of hydrogen-bond acceptors (Lipinski definition) is 0. The van der Waals surface area contributed by atoms with Crippen LogP contribution in [0.3, 0.4) is 0 Å². The van der Waals surface area contributed by atoms with E-state index in [9.17, 15) is 0 Å². The fourth-order valence-corrected chi connectivity index (χ4v) is 2.20. The first-order valence-corrected chi connectivity index (χ1v) is 7.59. The monoisotopic (exact) mass is 170 g/mol. The summed E-state index contributed by atoms with van der Waals surface area (Å²) >= 11 is 0. The lowest BCUT2D eigenvalue weighted by Gasteiger charge is -2.10. The maximum absolute atomic E-state index is 8.73. The van der Waals surface area contributed by atoms with Crippen LogP contribution in [0.15, 0.2) is 0 Å². The molecule has 0 amide bonds. The van der Waals surface area contributed by atoms with Crippen molar-refractivity contribution >= 4 is 13.4 Å². The lowest BCUT2D eigenvalue weighted by molar-refractivity contribution is -0.00511. The summed E-state index contributed by atoms with van der Waals surface area (Å²) < 4.78 is 0. The van der Waals surface area contributed by atoms with E-state index in [0.717, 1.165) is 11.8 Å². The fraction of sp³-hybridized carbons (Fsp3) is 0.875. The molecule has 11 heavy (non-hydrogen) atoms. The molecule has 0 heterocycles. The minimum absolute atomic E-state index is 0.590. The second-order valence-electron chi connectivity index (χ2n) is 4.39. The quantitative estimate of drug-likeness (QED) is 0.270. The van der Waals surface area contributed by atoms with Crippen molar-refractivity contribution < 1.29 is 4.79 Å². The second kappa shape index (κ2) is 3.84. The van der Waals surface area contributed by atoms with Gasteiger partial charge in [0.1, 0.15) is 0 Å². The molecule has 0 aromatic carbocycles. The Morgan fingerprint density at radius 2 is 1.82 bits per heavy atom. The molecular formula is C8H18N2Si. The Bertz CT molecular complexity index is 173. The Hall–Kier alpha value is -0.403. The molecular weight excluding hydrogens is 152 g/mol. The van der Waals surface area contributed by atoms with Gasteiger partial charge in [-0.25, -0.2) is 0 Å². The second-order valence-corrected chi connectivity index (χ2v) is 9.47. The number of nitrogens with zero attached hydrogens (tertiary/aromatic N) is 2. The molecule has 0 spiro atoms. The Kier molecular flexibility index (Phi) is 3.70. The van der Waals surface area contributed by atoms with Crippen LogP contribution in [0.1, 0.15) is 20.3 Å². The Morgan fingerprint density at radius 1 is 1.36 bits per heavy atom. The summed E-state index contributed by atoms with van der Waals surface area (Å²) in [6.07, 6.45) is 0.937. The molecule has 2 nitrogen and oxygen atoms in total. The van der Waals surface area contributed by atoms with Gasteiger partial charge in [-0.15, -0.1) is 0 Å². The molecule has 0 saturated carbocycles. The van der Waals surface area contributed by atoms with E-state index >= 15 is 0 Å². The van der Waals surface area contributed by atoms with Crippen molar-refractivity contribution in [1.82, 2.24) is 0 Å². The van der Waals surface area contributed by atoms with Crippen LogP contribution in [-0.4, -0.2) is 18.2 Å². The normalized spacial score (nSPS) is 11.5. The lowest BCUT2D eigenvalue weighted by Crippen LogP contribution is -2.35. The Balaban J connectivity index is 4.34. The first kappa shape index (κ1) is 10.6. The van der Waals surface area contributed by atoms with Gasteiger partial charge < -0.3 is 5.53 Å². The molecule has 0 atom stereocenters. The van der Waals surface area contributed by atoms with Gasteiger partial charge in [-0.05, 0) is 5.92 Å². The van der Waals surface area contributed by atoms with Gasteiger partial charge in [-0.1, -0.05) is 33.5 Å². The van der Waals surface area contributed by atoms with Crippen LogP contribution in [0.2, 0.25) is 19.6 Å². The topological polar surface area (TPSA) is 36.4 Å². The molecule has 0 aromatic rings. The predicted octanol–water partition coefficient (Wildman–Crippen LogP) is 2.58. The predicted molar refractivity (Wildman–Crippen MR) is 51.4 cm³/mol. The van der Waals surface area contributed by atoms with E-state index in [2.05, 4.69) is 38.3 Å². The van der Waals surface area contributed by atoms with Gasteiger partial charge >= 0.3 is 0 Å². The van der Waals surface area contributed by atoms with Gasteiger partial charge in [0.2, 0.25) is 5.33 Å². The number of hydrogen-bond donors (Lipinski definition) is 0. The third-order valence-corrected chi connectivity index (χ3v) is 3.62. The Morgan fingerprint density at radius 3 is 1.91 bits per heavy atom. The Labute approximate surface area is 70.3 Å². The highest BCUT2D eigenvalue weighted by atomic mass is 28.3. The number of rotatable bonds is 3. The summed E-state index contributed by atoms with van der Waals surface area (Å²) in [4.78, 5) is 3.38. The fourth-order valence-electron chi connectivity index (χ4n) is 0.884. The van der Waals surface area contributed by atoms with E-state index in [0.29, 0.717) is 5.92 Å². The average Bonchev–Trinajstić information content (AvgIpc) is 1.79. The maximum Gasteiger partial charge on any atom is 0.237 e. The van der Waals surface area contributed by atoms with Crippen LogP contribution < -0.4 is 0 Å². The summed E-state index contributed by atoms with van der Waals surface area (Å²) in [5, 5.41) is 1.02. The van der Waals surface area contributed by atoms with Gasteiger partial charge in [0.25, 0.3) is 0 Å². The van der Waals surface area contributed by atoms with Crippen molar-refractivity contribution in [2.45, 2.75) is 39.9 Å². The minimum Gasteiger partial charge on any atom is -0.362 e. The molecule has 0 bridgehead atoms. The standard InChI is InChI=1S/C8H18N2Si/c1-7(2)6-8(10-9)11(3,4)5/h7H,6H2,1-5H3. The van der Waals surface area contributed by atoms with E-state index in [4.69, 9.17) is 5.53 Å². The molecule has 0 aliphatic carbocycles. The molecule has 0 fully saturated rings. The van der Waals surface area contributed by atoms with Gasteiger partial charge in [0.05, 0.1) is 0 Å². The van der Waals surface area contributed by atoms with Crippen LogP contribution in [0, 0.1) is 5.92 Å². The van der Waals surface area contributed by atoms with Crippen molar-refractivity contribution in [3.05, 3.63) is 5.53 Å². The van der Waals surface area contributed by atoms with Crippen molar-refractivity contribution in [3.63, 3.8) is 0 Å². The van der Waals surface area contributed by atoms with E-state index in [1.807, 2.05) is 0 Å². The average molecular weight is 170 g/mol. The SMILES string of the molecule is CC(C)CC(=[N+]=[N-])[Si](C)(C)C. The van der Waals surface area contributed by atoms with Crippen LogP contribution in [0.25, 0.3) is 5.53 Å². The summed E-state index contributed by atoms with van der Waals surface area (Å²) in [6.45, 7) is 10.9. The summed E-state index contributed by atoms with van der Waals surface area (Å²) in [5.41, 5.74) is 8.73. The highest BCUT2D eigenvalue weighted by molar-refractivity contribution is 7.03. The van der Waals surface area contributed by atoms with Gasteiger partial charge in [0.15, 0.2) is 8.07 Å². The highest BCUT2D eigenvalue weighted by Crippen LogP contribution is 2.10. The highest BCUT2D eigenvalue weighted by Gasteiger charge is 2.29. The third-order valence-electron chi connectivity index (χ3n) is 1.59. The molecule has 0 radical (unpaired) electrons. The molecule has 0 rings (SSSR count). The maximum atomic E-state index is 8.73. The van der Waals surface area contributed by atoms with E-state index < -0.39 is 8.07 Å². The van der Waals surface area contributed by atoms with Crippen LogP contribution in [0.4, 0.5) is 0 Å². The van der Waals surface area contributed by atoms with E-state index in [1.54, 1.807) is 0 Å². The first-order chi connectivity index (χ1) is 4.88. The summed E-state index contributed by atoms with van der Waals surface area (Å²) in [6, 6.07) is 0. The molecule has 0 saturated heterocycles. The molecule has 3 heteroatoms. The molecule has 0 N–H and O–H groups in total. The molecule has 0 aliphatic heterocycles. The zero-order valence-electron chi connectivity index (χ0n) is 8.18.